The normalized spacial score (nSPS) is 10.3. The maximum absolute atomic E-state index is 10.9. The van der Waals surface area contributed by atoms with Crippen LogP contribution in [-0.4, -0.2) is 22.3 Å². The number of carboxylic acids is 1. The van der Waals surface area contributed by atoms with Crippen molar-refractivity contribution in [3.8, 4) is 16.3 Å². The zero-order valence-electron chi connectivity index (χ0n) is 12.5. The first-order valence-electron chi connectivity index (χ1n) is 7.12. The van der Waals surface area contributed by atoms with E-state index in [1.165, 1.54) is 16.7 Å². The molecule has 0 spiro atoms. The second-order valence-electron chi connectivity index (χ2n) is 5.02. The van der Waals surface area contributed by atoms with Crippen LogP contribution < -0.4 is 4.74 Å². The number of benzene rings is 2. The molecule has 0 bridgehead atoms. The minimum absolute atomic E-state index is 0.0566. The van der Waals surface area contributed by atoms with Crippen molar-refractivity contribution in [1.82, 2.24) is 4.98 Å². The molecular weight excluding hydrogens is 326 g/mol. The number of nitrogens with zero attached hydrogens (tertiary/aromatic N) is 1. The Morgan fingerprint density at radius 3 is 2.42 bits per heavy atom. The van der Waals surface area contributed by atoms with Gasteiger partial charge >= 0.3 is 5.97 Å². The molecule has 3 rings (SSSR count). The Morgan fingerprint density at radius 2 is 1.83 bits per heavy atom. The zero-order valence-corrected chi connectivity index (χ0v) is 13.3. The van der Waals surface area contributed by atoms with Crippen LogP contribution in [0.5, 0.6) is 5.75 Å². The SMILES string of the molecule is O=Cc1ccc(OCc2ccc(-c3nc(C(=O)O)cs3)cc2)cc1. The number of aromatic carboxylic acids is 1. The molecule has 24 heavy (non-hydrogen) atoms. The van der Waals surface area contributed by atoms with Gasteiger partial charge in [0.15, 0.2) is 5.69 Å². The average Bonchev–Trinajstić information content (AvgIpc) is 3.11. The smallest absolute Gasteiger partial charge is 0.355 e. The van der Waals surface area contributed by atoms with Crippen LogP contribution in [0.3, 0.4) is 0 Å². The predicted octanol–water partition coefficient (Wildman–Crippen LogP) is 3.90. The van der Waals surface area contributed by atoms with E-state index in [1.54, 1.807) is 24.3 Å². The Labute approximate surface area is 142 Å². The van der Waals surface area contributed by atoms with Gasteiger partial charge in [0.25, 0.3) is 0 Å². The Morgan fingerprint density at radius 1 is 1.12 bits per heavy atom. The quantitative estimate of drug-likeness (QED) is 0.689. The summed E-state index contributed by atoms with van der Waals surface area (Å²) in [6.45, 7) is 0.402. The van der Waals surface area contributed by atoms with Gasteiger partial charge in [0.2, 0.25) is 0 Å². The summed E-state index contributed by atoms with van der Waals surface area (Å²) in [4.78, 5) is 25.6. The Kier molecular flexibility index (Phi) is 4.67. The first-order valence-corrected chi connectivity index (χ1v) is 8.00. The third-order valence-corrected chi connectivity index (χ3v) is 4.24. The molecule has 0 fully saturated rings. The molecule has 5 nitrogen and oxygen atoms in total. The molecule has 2 aromatic carbocycles. The lowest BCUT2D eigenvalue weighted by molar-refractivity contribution is 0.0691. The molecule has 6 heteroatoms. The van der Waals surface area contributed by atoms with Crippen LogP contribution in [-0.2, 0) is 6.61 Å². The number of aromatic nitrogens is 1. The number of hydrogen-bond acceptors (Lipinski definition) is 5. The van der Waals surface area contributed by atoms with Gasteiger partial charge in [-0.15, -0.1) is 11.3 Å². The van der Waals surface area contributed by atoms with Crippen LogP contribution in [0, 0.1) is 0 Å². The molecule has 1 N–H and O–H groups in total. The molecule has 0 aliphatic rings. The Bertz CT molecular complexity index is 853. The molecule has 0 atom stereocenters. The number of thiazole rings is 1. The zero-order chi connectivity index (χ0) is 16.9. The first kappa shape index (κ1) is 15.9. The summed E-state index contributed by atoms with van der Waals surface area (Å²) in [5, 5.41) is 11.1. The minimum atomic E-state index is -1.02. The lowest BCUT2D eigenvalue weighted by Gasteiger charge is -2.07. The standard InChI is InChI=1S/C18H13NO4S/c20-9-12-3-7-15(8-4-12)23-10-13-1-5-14(6-2-13)17-19-16(11-24-17)18(21)22/h1-9,11H,10H2,(H,21,22). The van der Waals surface area contributed by atoms with Crippen LogP contribution in [0.25, 0.3) is 10.6 Å². The van der Waals surface area contributed by atoms with Crippen molar-refractivity contribution < 1.29 is 19.4 Å². The van der Waals surface area contributed by atoms with Gasteiger partial charge in [0, 0.05) is 16.5 Å². The highest BCUT2D eigenvalue weighted by molar-refractivity contribution is 7.13. The fourth-order valence-corrected chi connectivity index (χ4v) is 2.86. The summed E-state index contributed by atoms with van der Waals surface area (Å²) in [6, 6.07) is 14.5. The molecule has 0 saturated carbocycles. The summed E-state index contributed by atoms with van der Waals surface area (Å²) in [6.07, 6.45) is 0.789. The largest absolute Gasteiger partial charge is 0.489 e. The van der Waals surface area contributed by atoms with E-state index in [1.807, 2.05) is 24.3 Å². The van der Waals surface area contributed by atoms with Crippen LogP contribution in [0.15, 0.2) is 53.9 Å². The second kappa shape index (κ2) is 7.06. The summed E-state index contributed by atoms with van der Waals surface area (Å²) in [7, 11) is 0. The van der Waals surface area contributed by atoms with Crippen LogP contribution in [0.1, 0.15) is 26.4 Å². The molecule has 0 saturated heterocycles. The van der Waals surface area contributed by atoms with E-state index in [0.717, 1.165) is 17.4 Å². The van der Waals surface area contributed by atoms with Crippen LogP contribution in [0.2, 0.25) is 0 Å². The average molecular weight is 339 g/mol. The van der Waals surface area contributed by atoms with Gasteiger partial charge in [-0.3, -0.25) is 4.79 Å². The van der Waals surface area contributed by atoms with E-state index >= 15 is 0 Å². The Hall–Kier alpha value is -2.99. The van der Waals surface area contributed by atoms with Gasteiger partial charge < -0.3 is 9.84 Å². The van der Waals surface area contributed by atoms with E-state index < -0.39 is 5.97 Å². The minimum Gasteiger partial charge on any atom is -0.489 e. The number of hydrogen-bond donors (Lipinski definition) is 1. The maximum Gasteiger partial charge on any atom is 0.355 e. The summed E-state index contributed by atoms with van der Waals surface area (Å²) < 4.78 is 5.67. The molecule has 0 aliphatic carbocycles. The lowest BCUT2D eigenvalue weighted by atomic mass is 10.1. The highest BCUT2D eigenvalue weighted by atomic mass is 32.1. The molecule has 0 aliphatic heterocycles. The van der Waals surface area contributed by atoms with E-state index in [-0.39, 0.29) is 5.69 Å². The van der Waals surface area contributed by atoms with Gasteiger partial charge in [0.05, 0.1) is 0 Å². The van der Waals surface area contributed by atoms with Crippen molar-refractivity contribution in [2.45, 2.75) is 6.61 Å². The van der Waals surface area contributed by atoms with Crippen molar-refractivity contribution >= 4 is 23.6 Å². The number of rotatable bonds is 6. The van der Waals surface area contributed by atoms with Crippen molar-refractivity contribution in [3.63, 3.8) is 0 Å². The van der Waals surface area contributed by atoms with Crippen molar-refractivity contribution in [2.75, 3.05) is 0 Å². The van der Waals surface area contributed by atoms with Crippen LogP contribution >= 0.6 is 11.3 Å². The van der Waals surface area contributed by atoms with Gasteiger partial charge in [-0.1, -0.05) is 24.3 Å². The summed E-state index contributed by atoms with van der Waals surface area (Å²) in [5.74, 6) is -0.334. The lowest BCUT2D eigenvalue weighted by Crippen LogP contribution is -1.96. The van der Waals surface area contributed by atoms with E-state index in [9.17, 15) is 9.59 Å². The van der Waals surface area contributed by atoms with Gasteiger partial charge in [0.1, 0.15) is 23.7 Å². The van der Waals surface area contributed by atoms with E-state index in [4.69, 9.17) is 9.84 Å². The highest BCUT2D eigenvalue weighted by Gasteiger charge is 2.10. The molecule has 0 unspecified atom stereocenters. The number of carboxylic acid groups (broad SMARTS) is 1. The fourth-order valence-electron chi connectivity index (χ4n) is 2.06. The molecule has 0 radical (unpaired) electrons. The third-order valence-electron chi connectivity index (χ3n) is 3.35. The van der Waals surface area contributed by atoms with E-state index in [0.29, 0.717) is 22.9 Å². The molecule has 1 heterocycles. The molecule has 0 amide bonds. The van der Waals surface area contributed by atoms with E-state index in [2.05, 4.69) is 4.98 Å². The van der Waals surface area contributed by atoms with Gasteiger partial charge in [-0.2, -0.15) is 0 Å². The predicted molar refractivity (Wildman–Crippen MR) is 90.7 cm³/mol. The molecule has 3 aromatic rings. The second-order valence-corrected chi connectivity index (χ2v) is 5.87. The number of aldehydes is 1. The monoisotopic (exact) mass is 339 g/mol. The van der Waals surface area contributed by atoms with Crippen molar-refractivity contribution in [1.29, 1.82) is 0 Å². The summed E-state index contributed by atoms with van der Waals surface area (Å²) in [5.41, 5.74) is 2.51. The fraction of sp³-hybridized carbons (Fsp3) is 0.0556. The van der Waals surface area contributed by atoms with Gasteiger partial charge in [-0.25, -0.2) is 9.78 Å². The number of ether oxygens (including phenoxy) is 1. The van der Waals surface area contributed by atoms with Crippen molar-refractivity contribution in [2.24, 2.45) is 0 Å². The maximum atomic E-state index is 10.9. The summed E-state index contributed by atoms with van der Waals surface area (Å²) >= 11 is 1.30. The highest BCUT2D eigenvalue weighted by Crippen LogP contribution is 2.24. The first-order chi connectivity index (χ1) is 11.7. The number of carbonyl (C=O) groups is 2. The Balaban J connectivity index is 1.65. The van der Waals surface area contributed by atoms with Crippen molar-refractivity contribution in [3.05, 3.63) is 70.7 Å². The molecule has 120 valence electrons. The molecular formula is C18H13NO4S. The molecule has 1 aromatic heterocycles. The van der Waals surface area contributed by atoms with Crippen LogP contribution in [0.4, 0.5) is 0 Å². The third kappa shape index (κ3) is 3.67. The topological polar surface area (TPSA) is 76.5 Å². The van der Waals surface area contributed by atoms with Gasteiger partial charge in [-0.05, 0) is 29.8 Å². The number of carbonyl (C=O) groups excluding carboxylic acids is 1.